The molecule has 5 nitrogen and oxygen atoms in total. The Morgan fingerprint density at radius 1 is 1.17 bits per heavy atom. The zero-order valence-electron chi connectivity index (χ0n) is 12.8. The lowest BCUT2D eigenvalue weighted by molar-refractivity contribution is 0.0956. The molecule has 0 saturated heterocycles. The third kappa shape index (κ3) is 3.65. The lowest BCUT2D eigenvalue weighted by Gasteiger charge is -2.02. The summed E-state index contributed by atoms with van der Waals surface area (Å²) in [5.74, 6) is 0.779. The number of rotatable bonds is 6. The first-order valence-corrected chi connectivity index (χ1v) is 8.28. The van der Waals surface area contributed by atoms with Crippen LogP contribution >= 0.6 is 11.3 Å². The predicted molar refractivity (Wildman–Crippen MR) is 91.1 cm³/mol. The maximum atomic E-state index is 12.0. The number of para-hydroxylation sites is 2. The number of H-pyrrole nitrogens is 1. The average Bonchev–Trinajstić information content (AvgIpc) is 3.17. The van der Waals surface area contributed by atoms with E-state index in [0.29, 0.717) is 16.3 Å². The highest BCUT2D eigenvalue weighted by Gasteiger charge is 2.10. The van der Waals surface area contributed by atoms with Crippen LogP contribution in [0.3, 0.4) is 0 Å². The van der Waals surface area contributed by atoms with Crippen molar-refractivity contribution in [1.82, 2.24) is 15.3 Å². The van der Waals surface area contributed by atoms with Crippen molar-refractivity contribution in [3.63, 3.8) is 0 Å². The Labute approximate surface area is 137 Å². The average molecular weight is 327 g/mol. The van der Waals surface area contributed by atoms with Crippen LogP contribution in [0.4, 0.5) is 0 Å². The van der Waals surface area contributed by atoms with Gasteiger partial charge in [-0.3, -0.25) is 9.59 Å². The van der Waals surface area contributed by atoms with Crippen LogP contribution in [0.15, 0.2) is 36.4 Å². The molecule has 2 heterocycles. The quantitative estimate of drug-likeness (QED) is 0.539. The van der Waals surface area contributed by atoms with Crippen molar-refractivity contribution >= 4 is 34.1 Å². The van der Waals surface area contributed by atoms with Crippen LogP contribution in [-0.4, -0.2) is 28.2 Å². The van der Waals surface area contributed by atoms with Crippen molar-refractivity contribution in [3.05, 3.63) is 52.0 Å². The van der Waals surface area contributed by atoms with Gasteiger partial charge in [0.05, 0.1) is 20.8 Å². The molecule has 2 aromatic heterocycles. The van der Waals surface area contributed by atoms with Crippen LogP contribution in [0.1, 0.15) is 38.5 Å². The van der Waals surface area contributed by atoms with E-state index in [1.54, 1.807) is 12.1 Å². The molecule has 0 unspecified atom stereocenters. The van der Waals surface area contributed by atoms with Gasteiger partial charge < -0.3 is 10.3 Å². The first-order valence-electron chi connectivity index (χ1n) is 7.46. The highest BCUT2D eigenvalue weighted by molar-refractivity contribution is 7.15. The van der Waals surface area contributed by atoms with Crippen LogP contribution < -0.4 is 5.32 Å². The normalized spacial score (nSPS) is 10.8. The zero-order valence-corrected chi connectivity index (χ0v) is 13.6. The summed E-state index contributed by atoms with van der Waals surface area (Å²) in [7, 11) is 0. The summed E-state index contributed by atoms with van der Waals surface area (Å²) >= 11 is 1.23. The van der Waals surface area contributed by atoms with Gasteiger partial charge in [-0.2, -0.15) is 0 Å². The number of nitrogens with one attached hydrogen (secondary N) is 2. The Morgan fingerprint density at radius 2 is 1.96 bits per heavy atom. The molecule has 6 heteroatoms. The van der Waals surface area contributed by atoms with Crippen LogP contribution in [0.5, 0.6) is 0 Å². The molecule has 3 rings (SSSR count). The molecule has 0 aliphatic rings. The number of fused-ring (bicyclic) bond motifs is 1. The number of carbonyl (C=O) groups excluding carboxylic acids is 2. The van der Waals surface area contributed by atoms with Crippen molar-refractivity contribution in [3.8, 4) is 0 Å². The highest BCUT2D eigenvalue weighted by Crippen LogP contribution is 2.16. The highest BCUT2D eigenvalue weighted by atomic mass is 32.1. The molecule has 118 valence electrons. The van der Waals surface area contributed by atoms with Crippen LogP contribution in [-0.2, 0) is 6.42 Å². The number of ketones is 1. The fraction of sp³-hybridized carbons (Fsp3) is 0.235. The fourth-order valence-electron chi connectivity index (χ4n) is 2.32. The number of hydrogen-bond acceptors (Lipinski definition) is 4. The summed E-state index contributed by atoms with van der Waals surface area (Å²) in [6.07, 6.45) is 1.58. The molecule has 1 aromatic carbocycles. The van der Waals surface area contributed by atoms with Gasteiger partial charge in [0.25, 0.3) is 5.91 Å². The monoisotopic (exact) mass is 327 g/mol. The summed E-state index contributed by atoms with van der Waals surface area (Å²) in [6, 6.07) is 11.3. The van der Waals surface area contributed by atoms with E-state index in [4.69, 9.17) is 0 Å². The second kappa shape index (κ2) is 6.75. The van der Waals surface area contributed by atoms with Crippen molar-refractivity contribution in [1.29, 1.82) is 0 Å². The molecule has 23 heavy (non-hydrogen) atoms. The number of amides is 1. The zero-order chi connectivity index (χ0) is 16.2. The number of aromatic amines is 1. The fourth-order valence-corrected chi connectivity index (χ4v) is 3.14. The van der Waals surface area contributed by atoms with Gasteiger partial charge in [-0.05, 0) is 37.6 Å². The van der Waals surface area contributed by atoms with Gasteiger partial charge in [-0.25, -0.2) is 4.98 Å². The van der Waals surface area contributed by atoms with E-state index in [1.165, 1.54) is 18.3 Å². The van der Waals surface area contributed by atoms with Crippen LogP contribution in [0.2, 0.25) is 0 Å². The second-order valence-corrected chi connectivity index (χ2v) is 6.36. The molecule has 1 amide bonds. The lowest BCUT2D eigenvalue weighted by Crippen LogP contribution is -2.23. The molecule has 3 aromatic rings. The van der Waals surface area contributed by atoms with E-state index >= 15 is 0 Å². The Hall–Kier alpha value is -2.47. The maximum absolute atomic E-state index is 12.0. The molecule has 0 bridgehead atoms. The minimum atomic E-state index is -0.132. The Kier molecular flexibility index (Phi) is 4.52. The van der Waals surface area contributed by atoms with Crippen LogP contribution in [0, 0.1) is 0 Å². The Morgan fingerprint density at radius 3 is 2.70 bits per heavy atom. The third-order valence-corrected chi connectivity index (χ3v) is 4.68. The number of aromatic nitrogens is 2. The SMILES string of the molecule is CC(=O)c1ccc(C(=O)NCCCc2nc3ccccc3[nH]2)s1. The van der Waals surface area contributed by atoms with Crippen molar-refractivity contribution in [2.75, 3.05) is 6.54 Å². The first kappa shape index (κ1) is 15.4. The summed E-state index contributed by atoms with van der Waals surface area (Å²) in [5.41, 5.74) is 1.99. The van der Waals surface area contributed by atoms with Gasteiger partial charge in [0.1, 0.15) is 5.82 Å². The number of imidazole rings is 1. The number of carbonyl (C=O) groups is 2. The first-order chi connectivity index (χ1) is 11.1. The maximum Gasteiger partial charge on any atom is 0.261 e. The number of Topliss-reactive ketones (excluding diaryl/α,β-unsaturated/α-hetero) is 1. The minimum absolute atomic E-state index is 0.0149. The number of thiophene rings is 1. The van der Waals surface area contributed by atoms with Crippen molar-refractivity contribution in [2.24, 2.45) is 0 Å². The number of hydrogen-bond donors (Lipinski definition) is 2. The van der Waals surface area contributed by atoms with E-state index in [2.05, 4.69) is 15.3 Å². The molecule has 0 aliphatic heterocycles. The third-order valence-electron chi connectivity index (χ3n) is 3.49. The van der Waals surface area contributed by atoms with Crippen molar-refractivity contribution < 1.29 is 9.59 Å². The molecule has 0 fully saturated rings. The Balaban J connectivity index is 1.49. The largest absolute Gasteiger partial charge is 0.351 e. The topological polar surface area (TPSA) is 74.8 Å². The van der Waals surface area contributed by atoms with E-state index in [0.717, 1.165) is 29.7 Å². The summed E-state index contributed by atoms with van der Waals surface area (Å²) in [5, 5.41) is 2.87. The van der Waals surface area contributed by atoms with Crippen molar-refractivity contribution in [2.45, 2.75) is 19.8 Å². The predicted octanol–water partition coefficient (Wildman–Crippen LogP) is 3.19. The molecular weight excluding hydrogens is 310 g/mol. The summed E-state index contributed by atoms with van der Waals surface area (Å²) < 4.78 is 0. The molecule has 0 saturated carbocycles. The van der Waals surface area contributed by atoms with Gasteiger partial charge >= 0.3 is 0 Å². The summed E-state index contributed by atoms with van der Waals surface area (Å²) in [4.78, 5) is 32.2. The molecule has 0 aliphatic carbocycles. The Bertz CT molecular complexity index is 817. The smallest absolute Gasteiger partial charge is 0.261 e. The molecular formula is C17H17N3O2S. The summed E-state index contributed by atoms with van der Waals surface area (Å²) in [6.45, 7) is 2.07. The van der Waals surface area contributed by atoms with Crippen LogP contribution in [0.25, 0.3) is 11.0 Å². The van der Waals surface area contributed by atoms with E-state index in [-0.39, 0.29) is 11.7 Å². The van der Waals surface area contributed by atoms with Gasteiger partial charge in [0.2, 0.25) is 0 Å². The number of aryl methyl sites for hydroxylation is 1. The lowest BCUT2D eigenvalue weighted by atomic mass is 10.3. The van der Waals surface area contributed by atoms with Gasteiger partial charge in [0, 0.05) is 13.0 Å². The second-order valence-electron chi connectivity index (χ2n) is 5.28. The molecule has 0 spiro atoms. The van der Waals surface area contributed by atoms with E-state index in [9.17, 15) is 9.59 Å². The van der Waals surface area contributed by atoms with Gasteiger partial charge in [0.15, 0.2) is 5.78 Å². The van der Waals surface area contributed by atoms with E-state index < -0.39 is 0 Å². The standard InChI is InChI=1S/C17H17N3O2S/c1-11(21)14-8-9-15(23-14)17(22)18-10-4-7-16-19-12-5-2-3-6-13(12)20-16/h2-3,5-6,8-9H,4,7,10H2,1H3,(H,18,22)(H,19,20). The van der Waals surface area contributed by atoms with Gasteiger partial charge in [-0.1, -0.05) is 12.1 Å². The molecule has 0 atom stereocenters. The number of nitrogens with zero attached hydrogens (tertiary/aromatic N) is 1. The number of benzene rings is 1. The minimum Gasteiger partial charge on any atom is -0.351 e. The van der Waals surface area contributed by atoms with Gasteiger partial charge in [-0.15, -0.1) is 11.3 Å². The molecule has 2 N–H and O–H groups in total. The molecule has 0 radical (unpaired) electrons. The van der Waals surface area contributed by atoms with E-state index in [1.807, 2.05) is 24.3 Å².